The van der Waals surface area contributed by atoms with Gasteiger partial charge in [-0.05, 0) is 88.2 Å². The lowest BCUT2D eigenvalue weighted by Crippen LogP contribution is -2.54. The molecule has 0 unspecified atom stereocenters. The van der Waals surface area contributed by atoms with Crippen LogP contribution in [0.15, 0.2) is 102 Å². The smallest absolute Gasteiger partial charge is 0.259 e. The van der Waals surface area contributed by atoms with Gasteiger partial charge in [-0.15, -0.1) is 0 Å². The molecule has 42 heavy (non-hydrogen) atoms. The molecule has 0 radical (unpaired) electrons. The Morgan fingerprint density at radius 3 is 2.14 bits per heavy atom. The molecule has 3 aliphatic carbocycles. The summed E-state index contributed by atoms with van der Waals surface area (Å²) in [6.07, 6.45) is 1.68. The topological polar surface area (TPSA) is 90.9 Å². The average Bonchev–Trinajstić information content (AvgIpc) is 3.28. The molecule has 3 amide bonds. The summed E-state index contributed by atoms with van der Waals surface area (Å²) >= 11 is 2.23. The fourth-order valence-corrected chi connectivity index (χ4v) is 7.35. The van der Waals surface area contributed by atoms with Gasteiger partial charge in [-0.1, -0.05) is 66.2 Å². The van der Waals surface area contributed by atoms with E-state index in [9.17, 15) is 14.4 Å². The average molecular weight is 667 g/mol. The Bertz CT molecular complexity index is 1720. The van der Waals surface area contributed by atoms with Gasteiger partial charge >= 0.3 is 0 Å². The molecule has 8 heteroatoms. The van der Waals surface area contributed by atoms with E-state index in [1.54, 1.807) is 6.21 Å². The number of imide groups is 1. The molecule has 0 saturated carbocycles. The summed E-state index contributed by atoms with van der Waals surface area (Å²) in [6, 6.07) is 31.2. The lowest BCUT2D eigenvalue weighted by Gasteiger charge is -2.52. The van der Waals surface area contributed by atoms with E-state index in [0.717, 1.165) is 37.1 Å². The second-order valence-corrected chi connectivity index (χ2v) is 12.3. The minimum Gasteiger partial charge on any atom is -0.376 e. The lowest BCUT2D eigenvalue weighted by molar-refractivity contribution is -0.122. The number of hydrogen-bond acceptors (Lipinski definition) is 5. The van der Waals surface area contributed by atoms with Gasteiger partial charge in [-0.25, -0.2) is 10.3 Å². The molecule has 1 saturated heterocycles. The molecular formula is C34H27IN4O3. The van der Waals surface area contributed by atoms with Gasteiger partial charge in [0.1, 0.15) is 0 Å². The van der Waals surface area contributed by atoms with Crippen LogP contribution < -0.4 is 15.6 Å². The highest BCUT2D eigenvalue weighted by atomic mass is 127. The van der Waals surface area contributed by atoms with Gasteiger partial charge in [0.25, 0.3) is 5.91 Å². The number of hydrogen-bond donors (Lipinski definition) is 2. The van der Waals surface area contributed by atoms with Crippen molar-refractivity contribution in [2.45, 2.75) is 18.3 Å². The van der Waals surface area contributed by atoms with E-state index in [1.165, 1.54) is 4.90 Å². The number of nitrogens with one attached hydrogen (secondary N) is 2. The fraction of sp³-hybridized carbons (Fsp3) is 0.176. The molecule has 2 N–H and O–H groups in total. The van der Waals surface area contributed by atoms with E-state index in [4.69, 9.17) is 0 Å². The van der Waals surface area contributed by atoms with Crippen molar-refractivity contribution in [1.29, 1.82) is 0 Å². The molecule has 2 atom stereocenters. The Labute approximate surface area is 257 Å². The van der Waals surface area contributed by atoms with Crippen molar-refractivity contribution in [2.24, 2.45) is 16.9 Å². The number of carbonyl (C=O) groups is 3. The summed E-state index contributed by atoms with van der Waals surface area (Å²) in [7, 11) is 0. The number of halogens is 1. The monoisotopic (exact) mass is 666 g/mol. The number of rotatable bonds is 6. The highest BCUT2D eigenvalue weighted by molar-refractivity contribution is 14.1. The first-order valence-electron chi connectivity index (χ1n) is 13.9. The van der Waals surface area contributed by atoms with Crippen LogP contribution in [0.2, 0.25) is 0 Å². The van der Waals surface area contributed by atoms with Crippen LogP contribution in [-0.2, 0) is 19.8 Å². The first-order chi connectivity index (χ1) is 20.4. The Kier molecular flexibility index (Phi) is 6.46. The highest BCUT2D eigenvalue weighted by Gasteiger charge is 2.68. The second-order valence-electron chi connectivity index (χ2n) is 11.0. The third kappa shape index (κ3) is 3.99. The van der Waals surface area contributed by atoms with Crippen molar-refractivity contribution in [1.82, 2.24) is 5.43 Å². The van der Waals surface area contributed by atoms with Gasteiger partial charge < -0.3 is 5.32 Å². The Morgan fingerprint density at radius 1 is 0.881 bits per heavy atom. The molecule has 4 aliphatic rings. The van der Waals surface area contributed by atoms with Crippen molar-refractivity contribution < 1.29 is 14.4 Å². The fourth-order valence-electron chi connectivity index (χ4n) is 6.99. The Hall–Kier alpha value is -4.31. The minimum atomic E-state index is -1.03. The van der Waals surface area contributed by atoms with Crippen LogP contribution in [0.4, 0.5) is 11.4 Å². The van der Waals surface area contributed by atoms with Crippen LogP contribution in [0.1, 0.15) is 33.7 Å². The second kappa shape index (κ2) is 10.2. The molecule has 8 rings (SSSR count). The normalized spacial score (nSPS) is 23.5. The van der Waals surface area contributed by atoms with E-state index in [0.29, 0.717) is 5.69 Å². The van der Waals surface area contributed by atoms with Crippen LogP contribution in [0.3, 0.4) is 0 Å². The lowest BCUT2D eigenvalue weighted by atomic mass is 9.47. The first-order valence-corrected chi connectivity index (χ1v) is 14.9. The molecule has 1 heterocycles. The maximum Gasteiger partial charge on any atom is 0.259 e. The van der Waals surface area contributed by atoms with Gasteiger partial charge in [0.05, 0.1) is 29.5 Å². The molecule has 4 aromatic rings. The molecule has 1 aliphatic heterocycles. The minimum absolute atomic E-state index is 0.0326. The number of aryl methyl sites for hydroxylation is 1. The number of hydrazone groups is 1. The van der Waals surface area contributed by atoms with Gasteiger partial charge in [0.15, 0.2) is 0 Å². The van der Waals surface area contributed by atoms with Gasteiger partial charge in [0.2, 0.25) is 11.8 Å². The van der Waals surface area contributed by atoms with Crippen molar-refractivity contribution in [2.75, 3.05) is 16.8 Å². The largest absolute Gasteiger partial charge is 0.376 e. The quantitative estimate of drug-likeness (QED) is 0.126. The van der Waals surface area contributed by atoms with Crippen molar-refractivity contribution in [3.63, 3.8) is 0 Å². The third-order valence-corrected chi connectivity index (χ3v) is 9.45. The Balaban J connectivity index is 1.29. The molecule has 0 aromatic heterocycles. The van der Waals surface area contributed by atoms with Crippen LogP contribution in [-0.4, -0.2) is 30.5 Å². The number of anilines is 2. The van der Waals surface area contributed by atoms with Crippen molar-refractivity contribution in [3.8, 4) is 0 Å². The summed E-state index contributed by atoms with van der Waals surface area (Å²) in [5.41, 5.74) is 7.99. The molecular weight excluding hydrogens is 639 g/mol. The molecule has 208 valence electrons. The molecule has 0 spiro atoms. The predicted octanol–water partition coefficient (Wildman–Crippen LogP) is 5.36. The zero-order valence-corrected chi connectivity index (χ0v) is 24.9. The van der Waals surface area contributed by atoms with Crippen molar-refractivity contribution in [3.05, 3.63) is 128 Å². The maximum atomic E-state index is 14.4. The van der Waals surface area contributed by atoms with E-state index >= 15 is 0 Å². The number of nitrogens with zero attached hydrogens (tertiary/aromatic N) is 2. The predicted molar refractivity (Wildman–Crippen MR) is 170 cm³/mol. The Morgan fingerprint density at radius 2 is 1.50 bits per heavy atom. The highest BCUT2D eigenvalue weighted by Crippen LogP contribution is 2.63. The van der Waals surface area contributed by atoms with Crippen LogP contribution >= 0.6 is 22.6 Å². The zero-order valence-electron chi connectivity index (χ0n) is 22.8. The zero-order chi connectivity index (χ0) is 29.0. The number of benzene rings is 4. The van der Waals surface area contributed by atoms with E-state index < -0.39 is 17.3 Å². The van der Waals surface area contributed by atoms with Crippen LogP contribution in [0.5, 0.6) is 0 Å². The molecule has 2 bridgehead atoms. The first kappa shape index (κ1) is 26.6. The summed E-state index contributed by atoms with van der Waals surface area (Å²) in [4.78, 5) is 42.7. The van der Waals surface area contributed by atoms with Crippen LogP contribution in [0.25, 0.3) is 0 Å². The number of carbonyl (C=O) groups excluding carboxylic acids is 3. The van der Waals surface area contributed by atoms with Gasteiger partial charge in [-0.2, -0.15) is 5.10 Å². The standard InChI is InChI=1S/C34H27IN4O3/c1-20-10-16-23(17-11-20)39-32(41)30-29-24-6-2-4-8-26(24)34(31(30)33(39)42,27-9-5-3-7-25(27)29)19-37-38-28(40)18-36-22-14-12-21(35)13-15-22/h2-17,19,29-31,36H,18H2,1H3,(H,38,40)/b37-19-/t29?,30-,31-,34?/m1/s1. The van der Waals surface area contributed by atoms with Crippen LogP contribution in [0, 0.1) is 22.3 Å². The summed E-state index contributed by atoms with van der Waals surface area (Å²) in [5.74, 6) is -2.32. The van der Waals surface area contributed by atoms with E-state index in [2.05, 4.69) is 38.4 Å². The SMILES string of the molecule is Cc1ccc(N2C(=O)[C@@H]3C4c5ccccc5C(/C=N\NC(=O)CNc5ccc(I)cc5)(c5ccccc54)[C@H]3C2=O)cc1. The molecule has 1 fully saturated rings. The summed E-state index contributed by atoms with van der Waals surface area (Å²) in [6.45, 7) is 2.01. The third-order valence-electron chi connectivity index (χ3n) is 8.73. The van der Waals surface area contributed by atoms with E-state index in [-0.39, 0.29) is 30.2 Å². The maximum absolute atomic E-state index is 14.4. The number of amides is 3. The molecule has 4 aromatic carbocycles. The van der Waals surface area contributed by atoms with Gasteiger partial charge in [0, 0.05) is 21.4 Å². The van der Waals surface area contributed by atoms with Gasteiger partial charge in [-0.3, -0.25) is 14.4 Å². The summed E-state index contributed by atoms with van der Waals surface area (Å²) < 4.78 is 1.11. The van der Waals surface area contributed by atoms with E-state index in [1.807, 2.05) is 104 Å². The summed E-state index contributed by atoms with van der Waals surface area (Å²) in [5, 5.41) is 7.57. The van der Waals surface area contributed by atoms with Crippen molar-refractivity contribution >= 4 is 57.9 Å². The molecule has 7 nitrogen and oxygen atoms in total.